The van der Waals surface area contributed by atoms with Crippen LogP contribution in [0.4, 0.5) is 0 Å². The highest BCUT2D eigenvalue weighted by Crippen LogP contribution is 2.28. The summed E-state index contributed by atoms with van der Waals surface area (Å²) in [6.45, 7) is 0. The van der Waals surface area contributed by atoms with Gasteiger partial charge in [-0.3, -0.25) is 0 Å². The van der Waals surface area contributed by atoms with E-state index in [9.17, 15) is 26.3 Å². The van der Waals surface area contributed by atoms with E-state index in [4.69, 9.17) is 10.7 Å². The van der Waals surface area contributed by atoms with Crippen LogP contribution in [0.15, 0.2) is 27.8 Å². The summed E-state index contributed by atoms with van der Waals surface area (Å²) < 4.78 is 1.31. The first-order valence-electron chi connectivity index (χ1n) is 7.33. The summed E-state index contributed by atoms with van der Waals surface area (Å²) in [5, 5.41) is 64.9. The topological polar surface area (TPSA) is 196 Å². The Kier molecular flexibility index (Phi) is 4.05. The second-order valence-corrected chi connectivity index (χ2v) is 5.27. The van der Waals surface area contributed by atoms with Gasteiger partial charge in [-0.2, -0.15) is 35.8 Å². The van der Waals surface area contributed by atoms with Crippen molar-refractivity contribution in [2.45, 2.75) is 6.04 Å². The summed E-state index contributed by atoms with van der Waals surface area (Å²) in [4.78, 5) is 8.30. The van der Waals surface area contributed by atoms with E-state index in [1.807, 2.05) is 18.2 Å². The van der Waals surface area contributed by atoms with Gasteiger partial charge in [0.05, 0.1) is 11.1 Å². The maximum atomic E-state index is 9.54. The van der Waals surface area contributed by atoms with E-state index >= 15 is 0 Å². The highest BCUT2D eigenvalue weighted by molar-refractivity contribution is 5.81. The predicted octanol–water partition coefficient (Wildman–Crippen LogP) is -0.552. The zero-order chi connectivity index (χ0) is 20.4. The van der Waals surface area contributed by atoms with Crippen LogP contribution in [0.5, 0.6) is 0 Å². The van der Waals surface area contributed by atoms with Gasteiger partial charge in [0.25, 0.3) is 11.3 Å². The number of nitrogens with zero attached hydrogens (tertiary/aromatic N) is 10. The van der Waals surface area contributed by atoms with Crippen molar-refractivity contribution in [2.75, 3.05) is 0 Å². The highest BCUT2D eigenvalue weighted by Gasteiger charge is 2.42. The van der Waals surface area contributed by atoms with Gasteiger partial charge in [-0.25, -0.2) is 5.87 Å². The van der Waals surface area contributed by atoms with Crippen LogP contribution in [-0.2, 0) is 0 Å². The standard InChI is InChI=1S/C18H2N10/c19-2-9(10(3-20)4-21)1-14-16-11(5-22)12(6-23)17-27-15(8-25)13(7-24)18(26-14)28(16)17/h1,14H/b9-1-. The van der Waals surface area contributed by atoms with E-state index in [1.54, 1.807) is 24.1 Å². The molecule has 0 N–H and O–H groups in total. The van der Waals surface area contributed by atoms with Crippen LogP contribution in [0.3, 0.4) is 0 Å². The number of allylic oxidation sites excluding steroid dienone is 3. The lowest BCUT2D eigenvalue weighted by atomic mass is 9.98. The molecule has 0 aliphatic carbocycles. The smallest absolute Gasteiger partial charge is 0.288 e. The normalized spacial score (nSPS) is 15.6. The molecule has 2 aliphatic rings. The molecule has 2 aliphatic heterocycles. The van der Waals surface area contributed by atoms with Crippen LogP contribution in [0, 0.1) is 73.7 Å². The van der Waals surface area contributed by atoms with Gasteiger partial charge in [0.2, 0.25) is 5.69 Å². The molecule has 0 bridgehead atoms. The monoisotopic (exact) mass is 358 g/mol. The quantitative estimate of drug-likeness (QED) is 0.292. The van der Waals surface area contributed by atoms with Gasteiger partial charge in [0.15, 0.2) is 11.6 Å². The molecule has 124 valence electrons. The average molecular weight is 358 g/mol. The number of nitriles is 6. The Morgan fingerprint density at radius 1 is 0.964 bits per heavy atom. The second kappa shape index (κ2) is 6.50. The minimum atomic E-state index is -1.03. The Morgan fingerprint density at radius 3 is 2.18 bits per heavy atom. The SMILES string of the molecule is N#CC(=C=[N-])/C(C#N)=C\C1N=c2c(C#N)c(C#N)nc3[n+]2=C1C(C#N)=C3C#N. The van der Waals surface area contributed by atoms with Crippen molar-refractivity contribution in [3.63, 3.8) is 0 Å². The minimum Gasteiger partial charge on any atom is -0.762 e. The van der Waals surface area contributed by atoms with E-state index in [2.05, 4.69) is 9.98 Å². The van der Waals surface area contributed by atoms with Gasteiger partial charge < -0.3 is 5.41 Å². The Bertz CT molecular complexity index is 1470. The molecular formula is C18H2N10. The molecule has 1 unspecified atom stereocenters. The highest BCUT2D eigenvalue weighted by atomic mass is 15.1. The summed E-state index contributed by atoms with van der Waals surface area (Å²) in [5.41, 5.74) is -1.13. The maximum Gasteiger partial charge on any atom is 0.288 e. The molecule has 0 radical (unpaired) electrons. The molecule has 0 saturated carbocycles. The molecule has 1 atom stereocenters. The van der Waals surface area contributed by atoms with Gasteiger partial charge in [-0.05, 0) is 6.08 Å². The largest absolute Gasteiger partial charge is 0.762 e. The molecule has 1 aromatic heterocycles. The molecule has 0 fully saturated rings. The number of hydrogen-bond acceptors (Lipinski definition) is 8. The third-order valence-electron chi connectivity index (χ3n) is 3.99. The van der Waals surface area contributed by atoms with E-state index in [1.165, 1.54) is 10.3 Å². The van der Waals surface area contributed by atoms with Gasteiger partial charge >= 0.3 is 0 Å². The van der Waals surface area contributed by atoms with Gasteiger partial charge in [0, 0.05) is 0 Å². The van der Waals surface area contributed by atoms with Crippen LogP contribution in [0.1, 0.15) is 17.1 Å². The fourth-order valence-corrected chi connectivity index (χ4v) is 2.87. The number of hydrogen-bond donors (Lipinski definition) is 0. The van der Waals surface area contributed by atoms with Crippen LogP contribution >= 0.6 is 0 Å². The molecule has 0 saturated heterocycles. The lowest BCUT2D eigenvalue weighted by Crippen LogP contribution is -2.42. The molecule has 10 nitrogen and oxygen atoms in total. The predicted molar refractivity (Wildman–Crippen MR) is 86.8 cm³/mol. The molecule has 28 heavy (non-hydrogen) atoms. The average Bonchev–Trinajstić information content (AvgIpc) is 3.25. The first-order valence-corrected chi connectivity index (χ1v) is 7.33. The first kappa shape index (κ1) is 17.4. The third-order valence-corrected chi connectivity index (χ3v) is 3.99. The molecule has 1 aromatic rings. The second-order valence-electron chi connectivity index (χ2n) is 5.27. The zero-order valence-electron chi connectivity index (χ0n) is 13.6. The number of aromatic nitrogens is 2. The van der Waals surface area contributed by atoms with Crippen LogP contribution in [0.2, 0.25) is 0 Å². The molecular weight excluding hydrogens is 356 g/mol. The first-order chi connectivity index (χ1) is 13.6. The van der Waals surface area contributed by atoms with Crippen LogP contribution in [-0.4, -0.2) is 16.9 Å². The van der Waals surface area contributed by atoms with Crippen molar-refractivity contribution in [3.8, 4) is 36.4 Å². The summed E-state index contributed by atoms with van der Waals surface area (Å²) in [6, 6.07) is 9.63. The Hall–Kier alpha value is -5.38. The van der Waals surface area contributed by atoms with Crippen LogP contribution in [0.25, 0.3) is 11.0 Å². The van der Waals surface area contributed by atoms with E-state index < -0.39 is 11.6 Å². The van der Waals surface area contributed by atoms with Crippen molar-refractivity contribution in [2.24, 2.45) is 4.99 Å². The number of rotatable bonds is 2. The van der Waals surface area contributed by atoms with Gasteiger partial charge in [-0.1, -0.05) is 4.98 Å². The zero-order valence-corrected chi connectivity index (χ0v) is 13.6. The fraction of sp³-hybridized carbons (Fsp3) is 0.0556. The van der Waals surface area contributed by atoms with Crippen LogP contribution < -0.4 is 9.73 Å². The Morgan fingerprint density at radius 2 is 1.68 bits per heavy atom. The van der Waals surface area contributed by atoms with Crippen molar-refractivity contribution in [1.82, 2.24) is 4.98 Å². The molecule has 0 amide bonds. The van der Waals surface area contributed by atoms with Crippen molar-refractivity contribution in [3.05, 3.63) is 56.5 Å². The minimum absolute atomic E-state index is 0.00561. The van der Waals surface area contributed by atoms with Gasteiger partial charge in [-0.15, -0.1) is 4.99 Å². The molecule has 10 heteroatoms. The van der Waals surface area contributed by atoms with E-state index in [-0.39, 0.29) is 45.0 Å². The summed E-state index contributed by atoms with van der Waals surface area (Å²) >= 11 is 0. The Labute approximate surface area is 156 Å². The molecule has 0 aromatic carbocycles. The van der Waals surface area contributed by atoms with Crippen molar-refractivity contribution >= 4 is 11.4 Å². The third kappa shape index (κ3) is 2.16. The molecule has 3 heterocycles. The van der Waals surface area contributed by atoms with Crippen molar-refractivity contribution < 1.29 is 4.24 Å². The summed E-state index contributed by atoms with van der Waals surface area (Å²) in [5.74, 6) is 1.59. The lowest BCUT2D eigenvalue weighted by molar-refractivity contribution is -0.536. The van der Waals surface area contributed by atoms with E-state index in [0.29, 0.717) is 0 Å². The van der Waals surface area contributed by atoms with Gasteiger partial charge in [0.1, 0.15) is 53.3 Å². The summed E-state index contributed by atoms with van der Waals surface area (Å²) in [6.07, 6.45) is 1.19. The van der Waals surface area contributed by atoms with E-state index in [0.717, 1.165) is 0 Å². The Balaban J connectivity index is 2.47. The molecule has 0 spiro atoms. The lowest BCUT2D eigenvalue weighted by Gasteiger charge is -2.01. The maximum absolute atomic E-state index is 9.54. The molecule has 3 rings (SSSR count). The summed E-state index contributed by atoms with van der Waals surface area (Å²) in [7, 11) is 0. The fourth-order valence-electron chi connectivity index (χ4n) is 2.87. The van der Waals surface area contributed by atoms with Crippen molar-refractivity contribution in [1.29, 1.82) is 31.6 Å².